The molecule has 0 amide bonds. The Morgan fingerprint density at radius 3 is 1.84 bits per heavy atom. The highest BCUT2D eigenvalue weighted by Gasteiger charge is 2.51. The number of aliphatic hydroxyl groups is 7. The third-order valence-electron chi connectivity index (χ3n) is 5.32. The zero-order chi connectivity index (χ0) is 23.6. The average Bonchev–Trinajstić information content (AvgIpc) is 2.78. The second-order valence-corrected chi connectivity index (χ2v) is 7.45. The number of hydrogen-bond donors (Lipinski definition) is 9. The lowest BCUT2D eigenvalue weighted by molar-refractivity contribution is -0.991. The van der Waals surface area contributed by atoms with Crippen LogP contribution in [0, 0.1) is 5.21 Å². The van der Waals surface area contributed by atoms with Crippen LogP contribution in [-0.4, -0.2) is 116 Å². The lowest BCUT2D eigenvalue weighted by Gasteiger charge is -2.45. The molecule has 0 radical (unpaired) electrons. The van der Waals surface area contributed by atoms with Gasteiger partial charge in [0, 0.05) is 12.1 Å². The molecular formula is C18H27NO13. The number of hydrogen-bond acceptors (Lipinski definition) is 13. The first-order valence-corrected chi connectivity index (χ1v) is 9.76. The lowest BCUT2D eigenvalue weighted by Crippen LogP contribution is -2.99. The topological polar surface area (TPSA) is 226 Å². The molecule has 1 aromatic carbocycles. The molecule has 182 valence electrons. The average molecular weight is 465 g/mol. The van der Waals surface area contributed by atoms with E-state index >= 15 is 0 Å². The van der Waals surface area contributed by atoms with E-state index in [0.29, 0.717) is 0 Å². The van der Waals surface area contributed by atoms with E-state index in [-0.39, 0.29) is 11.4 Å². The number of quaternary nitrogens is 1. The molecule has 32 heavy (non-hydrogen) atoms. The molecule has 2 aliphatic heterocycles. The molecule has 11 atom stereocenters. The van der Waals surface area contributed by atoms with Crippen molar-refractivity contribution in [2.45, 2.75) is 61.4 Å². The summed E-state index contributed by atoms with van der Waals surface area (Å²) in [7, 11) is 0. The van der Waals surface area contributed by atoms with Gasteiger partial charge in [0.15, 0.2) is 18.1 Å². The predicted molar refractivity (Wildman–Crippen MR) is 99.2 cm³/mol. The maximum atomic E-state index is 11.0. The van der Waals surface area contributed by atoms with E-state index in [1.54, 1.807) is 0 Å². The SMILES string of the molecule is [O-][NH+](O)c1ccc(OC2OC(CO)C(O)C(O)C2OC2OC(CO)C(O)C(O)C2O)cc1. The van der Waals surface area contributed by atoms with Crippen LogP contribution in [0.3, 0.4) is 0 Å². The summed E-state index contributed by atoms with van der Waals surface area (Å²) in [6.07, 6.45) is -15.7. The molecule has 14 heteroatoms. The molecule has 0 saturated carbocycles. The van der Waals surface area contributed by atoms with E-state index in [0.717, 1.165) is 0 Å². The molecule has 11 unspecified atom stereocenters. The van der Waals surface area contributed by atoms with Crippen LogP contribution in [0.5, 0.6) is 5.75 Å². The summed E-state index contributed by atoms with van der Waals surface area (Å²) < 4.78 is 21.9. The summed E-state index contributed by atoms with van der Waals surface area (Å²) in [5.41, 5.74) is -0.0141. The zero-order valence-corrected chi connectivity index (χ0v) is 16.6. The molecule has 0 aromatic heterocycles. The van der Waals surface area contributed by atoms with Crippen LogP contribution >= 0.6 is 0 Å². The second kappa shape index (κ2) is 10.6. The van der Waals surface area contributed by atoms with Crippen molar-refractivity contribution in [1.82, 2.24) is 0 Å². The van der Waals surface area contributed by atoms with Crippen molar-refractivity contribution in [2.24, 2.45) is 0 Å². The Kier molecular flexibility index (Phi) is 8.34. The summed E-state index contributed by atoms with van der Waals surface area (Å²) >= 11 is 0. The molecule has 0 aliphatic carbocycles. The van der Waals surface area contributed by atoms with Crippen molar-refractivity contribution in [3.05, 3.63) is 29.5 Å². The highest BCUT2D eigenvalue weighted by atomic mass is 16.8. The van der Waals surface area contributed by atoms with Gasteiger partial charge >= 0.3 is 0 Å². The quantitative estimate of drug-likeness (QED) is 0.172. The Morgan fingerprint density at radius 2 is 1.31 bits per heavy atom. The van der Waals surface area contributed by atoms with Gasteiger partial charge in [-0.15, -0.1) is 0 Å². The van der Waals surface area contributed by atoms with Gasteiger partial charge in [0.2, 0.25) is 6.29 Å². The number of ether oxygens (including phenoxy) is 4. The van der Waals surface area contributed by atoms with E-state index < -0.39 is 79.9 Å². The summed E-state index contributed by atoms with van der Waals surface area (Å²) in [5.74, 6) is 0.0997. The molecule has 0 spiro atoms. The lowest BCUT2D eigenvalue weighted by atomic mass is 9.97. The molecule has 9 N–H and O–H groups in total. The van der Waals surface area contributed by atoms with Gasteiger partial charge in [-0.1, -0.05) is 0 Å². The zero-order valence-electron chi connectivity index (χ0n) is 16.6. The smallest absolute Gasteiger partial charge is 0.229 e. The van der Waals surface area contributed by atoms with Crippen molar-refractivity contribution in [2.75, 3.05) is 13.2 Å². The van der Waals surface area contributed by atoms with Gasteiger partial charge in [0.05, 0.1) is 13.2 Å². The predicted octanol–water partition coefficient (Wildman–Crippen LogP) is -4.91. The third-order valence-corrected chi connectivity index (χ3v) is 5.32. The van der Waals surface area contributed by atoms with Crippen LogP contribution in [0.1, 0.15) is 0 Å². The first-order valence-electron chi connectivity index (χ1n) is 9.76. The van der Waals surface area contributed by atoms with Crippen molar-refractivity contribution >= 4 is 5.69 Å². The van der Waals surface area contributed by atoms with Crippen LogP contribution in [-0.2, 0) is 14.2 Å². The van der Waals surface area contributed by atoms with Gasteiger partial charge in [-0.05, 0) is 12.1 Å². The largest absolute Gasteiger partial charge is 0.595 e. The fraction of sp³-hybridized carbons (Fsp3) is 0.667. The minimum absolute atomic E-state index is 0.0141. The Bertz CT molecular complexity index is 719. The molecule has 2 aliphatic rings. The highest BCUT2D eigenvalue weighted by molar-refractivity contribution is 5.35. The van der Waals surface area contributed by atoms with Gasteiger partial charge < -0.3 is 59.9 Å². The van der Waals surface area contributed by atoms with Crippen molar-refractivity contribution < 1.29 is 65.1 Å². The van der Waals surface area contributed by atoms with Gasteiger partial charge in [0.25, 0.3) is 0 Å². The molecule has 3 rings (SSSR count). The molecular weight excluding hydrogens is 438 g/mol. The maximum Gasteiger partial charge on any atom is 0.229 e. The number of nitrogens with one attached hydrogen (secondary N) is 1. The Labute approximate surface area is 181 Å². The van der Waals surface area contributed by atoms with E-state index in [1.807, 2.05) is 0 Å². The van der Waals surface area contributed by atoms with E-state index in [9.17, 15) is 41.0 Å². The summed E-state index contributed by atoms with van der Waals surface area (Å²) in [5, 5.41) is 88.4. The Hall–Kier alpha value is -1.50. The molecule has 2 saturated heterocycles. The summed E-state index contributed by atoms with van der Waals surface area (Å²) in [4.78, 5) is 0. The van der Waals surface area contributed by atoms with Crippen LogP contribution in [0.4, 0.5) is 5.69 Å². The Balaban J connectivity index is 1.81. The second-order valence-electron chi connectivity index (χ2n) is 7.45. The number of rotatable bonds is 7. The number of benzene rings is 1. The third kappa shape index (κ3) is 5.18. The molecule has 0 bridgehead atoms. The van der Waals surface area contributed by atoms with Gasteiger partial charge in [0.1, 0.15) is 48.5 Å². The number of aliphatic hydroxyl groups excluding tert-OH is 7. The van der Waals surface area contributed by atoms with Crippen LogP contribution in [0.25, 0.3) is 0 Å². The van der Waals surface area contributed by atoms with Gasteiger partial charge in [-0.2, -0.15) is 5.23 Å². The molecule has 1 aromatic rings. The van der Waals surface area contributed by atoms with Crippen LogP contribution < -0.4 is 9.96 Å². The molecule has 14 nitrogen and oxygen atoms in total. The van der Waals surface area contributed by atoms with E-state index in [4.69, 9.17) is 24.2 Å². The monoisotopic (exact) mass is 465 g/mol. The van der Waals surface area contributed by atoms with Crippen molar-refractivity contribution in [1.29, 1.82) is 0 Å². The first-order chi connectivity index (χ1) is 15.2. The Morgan fingerprint density at radius 1 is 0.781 bits per heavy atom. The van der Waals surface area contributed by atoms with Gasteiger partial charge in [-0.25, -0.2) is 5.21 Å². The molecule has 2 heterocycles. The minimum Gasteiger partial charge on any atom is -0.595 e. The van der Waals surface area contributed by atoms with Gasteiger partial charge in [-0.3, -0.25) is 0 Å². The van der Waals surface area contributed by atoms with Crippen LogP contribution in [0.2, 0.25) is 0 Å². The highest BCUT2D eigenvalue weighted by Crippen LogP contribution is 2.30. The van der Waals surface area contributed by atoms with E-state index in [1.165, 1.54) is 24.3 Å². The van der Waals surface area contributed by atoms with Crippen molar-refractivity contribution in [3.8, 4) is 5.75 Å². The normalized spacial score (nSPS) is 41.3. The van der Waals surface area contributed by atoms with E-state index in [2.05, 4.69) is 0 Å². The summed E-state index contributed by atoms with van der Waals surface area (Å²) in [6.45, 7) is -1.39. The fourth-order valence-electron chi connectivity index (χ4n) is 3.44. The standard InChI is InChI=1S/C18H27NO13/c20-5-9-11(22)13(24)15(26)17(30-9)32-16-14(25)12(23)10(6-21)31-18(16)29-8-3-1-7(2-4-8)19(27)28/h1-4,9-27H,5-6H2. The van der Waals surface area contributed by atoms with Crippen molar-refractivity contribution in [3.63, 3.8) is 0 Å². The van der Waals surface area contributed by atoms with Crippen LogP contribution in [0.15, 0.2) is 24.3 Å². The summed E-state index contributed by atoms with van der Waals surface area (Å²) in [6, 6.07) is 5.12. The minimum atomic E-state index is -1.79. The molecule has 2 fully saturated rings. The fourth-order valence-corrected chi connectivity index (χ4v) is 3.44. The first kappa shape index (κ1) is 25.1. The maximum absolute atomic E-state index is 11.0.